The Morgan fingerprint density at radius 1 is 1.33 bits per heavy atom. The number of hydrogen-bond donors (Lipinski definition) is 1. The number of allylic oxidation sites excluding steroid dienone is 2. The number of carbonyl (C=O) groups is 1. The highest BCUT2D eigenvalue weighted by molar-refractivity contribution is 7.96. The smallest absolute Gasteiger partial charge is 0.347 e. The summed E-state index contributed by atoms with van der Waals surface area (Å²) in [6.07, 6.45) is 5.70. The molecule has 0 heterocycles. The van der Waals surface area contributed by atoms with Crippen LogP contribution in [0.15, 0.2) is 71.1 Å². The first kappa shape index (κ1) is 16.7. The molecule has 0 spiro atoms. The van der Waals surface area contributed by atoms with Gasteiger partial charge in [0.05, 0.1) is 4.90 Å². The van der Waals surface area contributed by atoms with Crippen molar-refractivity contribution in [3.63, 3.8) is 0 Å². The van der Waals surface area contributed by atoms with Crippen LogP contribution in [-0.4, -0.2) is 38.0 Å². The fraction of sp³-hybridized carbons (Fsp3) is 0.133. The minimum atomic E-state index is -4.04. The molecule has 5 nitrogen and oxygen atoms in total. The van der Waals surface area contributed by atoms with Gasteiger partial charge in [0.1, 0.15) is 0 Å². The standard InChI is InChI=1S/C15H17NO4S/c1-3-11-16(2)12-7-10-14(15(17)18)21(19,20)13-8-5-4-6-9-13/h3-10,12H,1,11H2,2H3,(H,17,18). The summed E-state index contributed by atoms with van der Waals surface area (Å²) in [6.45, 7) is 4.14. The number of sulfone groups is 1. The minimum Gasteiger partial charge on any atom is -0.477 e. The largest absolute Gasteiger partial charge is 0.477 e. The molecule has 0 aromatic heterocycles. The van der Waals surface area contributed by atoms with E-state index >= 15 is 0 Å². The molecule has 21 heavy (non-hydrogen) atoms. The average molecular weight is 307 g/mol. The zero-order valence-electron chi connectivity index (χ0n) is 11.6. The topological polar surface area (TPSA) is 74.7 Å². The Morgan fingerprint density at radius 3 is 2.48 bits per heavy atom. The van der Waals surface area contributed by atoms with Gasteiger partial charge in [-0.15, -0.1) is 6.58 Å². The maximum absolute atomic E-state index is 12.3. The van der Waals surface area contributed by atoms with E-state index in [0.717, 1.165) is 6.08 Å². The predicted octanol–water partition coefficient (Wildman–Crippen LogP) is 2.06. The molecule has 1 rings (SSSR count). The third-order valence-corrected chi connectivity index (χ3v) is 4.34. The molecule has 6 heteroatoms. The van der Waals surface area contributed by atoms with Gasteiger partial charge in [-0.05, 0) is 30.5 Å². The molecule has 0 saturated carbocycles. The van der Waals surface area contributed by atoms with Crippen molar-refractivity contribution in [3.8, 4) is 0 Å². The van der Waals surface area contributed by atoms with E-state index in [2.05, 4.69) is 6.58 Å². The molecular weight excluding hydrogens is 290 g/mol. The Labute approximate surface area is 124 Å². The molecule has 0 unspecified atom stereocenters. The lowest BCUT2D eigenvalue weighted by atomic mass is 10.4. The van der Waals surface area contributed by atoms with Crippen molar-refractivity contribution in [2.75, 3.05) is 13.6 Å². The maximum atomic E-state index is 12.3. The second-order valence-electron chi connectivity index (χ2n) is 4.22. The van der Waals surface area contributed by atoms with Crippen LogP contribution < -0.4 is 0 Å². The van der Waals surface area contributed by atoms with Gasteiger partial charge in [0, 0.05) is 13.6 Å². The van der Waals surface area contributed by atoms with E-state index in [1.54, 1.807) is 42.4 Å². The van der Waals surface area contributed by atoms with Gasteiger partial charge in [-0.1, -0.05) is 24.3 Å². The fourth-order valence-electron chi connectivity index (χ4n) is 1.54. The van der Waals surface area contributed by atoms with Crippen LogP contribution in [0.4, 0.5) is 0 Å². The lowest BCUT2D eigenvalue weighted by Gasteiger charge is -2.09. The first-order chi connectivity index (χ1) is 9.89. The molecule has 0 amide bonds. The van der Waals surface area contributed by atoms with Crippen molar-refractivity contribution < 1.29 is 18.3 Å². The second kappa shape index (κ2) is 7.44. The Hall–Kier alpha value is -2.34. The van der Waals surface area contributed by atoms with Gasteiger partial charge in [0.15, 0.2) is 4.91 Å². The molecule has 1 aromatic rings. The van der Waals surface area contributed by atoms with Crippen LogP contribution in [0.5, 0.6) is 0 Å². The number of rotatable bonds is 7. The van der Waals surface area contributed by atoms with Crippen molar-refractivity contribution in [3.05, 3.63) is 66.2 Å². The van der Waals surface area contributed by atoms with Gasteiger partial charge >= 0.3 is 5.97 Å². The zero-order chi connectivity index (χ0) is 15.9. The van der Waals surface area contributed by atoms with Gasteiger partial charge in [-0.25, -0.2) is 13.2 Å². The molecule has 1 aromatic carbocycles. The lowest BCUT2D eigenvalue weighted by Crippen LogP contribution is -2.13. The van der Waals surface area contributed by atoms with Gasteiger partial charge < -0.3 is 10.0 Å². The Morgan fingerprint density at radius 2 is 1.95 bits per heavy atom. The first-order valence-corrected chi connectivity index (χ1v) is 7.61. The maximum Gasteiger partial charge on any atom is 0.347 e. The third kappa shape index (κ3) is 4.61. The SMILES string of the molecule is C=CCN(C)C=CC=C(C(=O)O)S(=O)(=O)c1ccccc1. The Bertz CT molecular complexity index is 660. The van der Waals surface area contributed by atoms with Crippen LogP contribution >= 0.6 is 0 Å². The quantitative estimate of drug-likeness (QED) is 0.474. The number of carboxylic acids is 1. The van der Waals surface area contributed by atoms with Crippen LogP contribution in [0.1, 0.15) is 0 Å². The van der Waals surface area contributed by atoms with Crippen LogP contribution in [0.25, 0.3) is 0 Å². The Kier molecular flexibility index (Phi) is 5.92. The van der Waals surface area contributed by atoms with Crippen LogP contribution in [0.2, 0.25) is 0 Å². The van der Waals surface area contributed by atoms with Crippen molar-refractivity contribution >= 4 is 15.8 Å². The summed E-state index contributed by atoms with van der Waals surface area (Å²) in [5.74, 6) is -1.49. The van der Waals surface area contributed by atoms with Gasteiger partial charge in [0.2, 0.25) is 9.84 Å². The molecule has 0 aliphatic heterocycles. The van der Waals surface area contributed by atoms with E-state index in [9.17, 15) is 13.2 Å². The Balaban J connectivity index is 3.13. The number of carboxylic acid groups (broad SMARTS) is 1. The monoisotopic (exact) mass is 307 g/mol. The summed E-state index contributed by atoms with van der Waals surface area (Å²) in [5, 5.41) is 9.13. The minimum absolute atomic E-state index is 0.0495. The van der Waals surface area contributed by atoms with Gasteiger partial charge in [-0.3, -0.25) is 0 Å². The highest BCUT2D eigenvalue weighted by Gasteiger charge is 2.25. The van der Waals surface area contributed by atoms with Crippen molar-refractivity contribution in [2.24, 2.45) is 0 Å². The molecule has 0 aliphatic rings. The summed E-state index contributed by atoms with van der Waals surface area (Å²) in [5.41, 5.74) is 0. The van der Waals surface area contributed by atoms with Crippen molar-refractivity contribution in [2.45, 2.75) is 4.90 Å². The van der Waals surface area contributed by atoms with E-state index in [-0.39, 0.29) is 4.90 Å². The van der Waals surface area contributed by atoms with E-state index in [0.29, 0.717) is 6.54 Å². The van der Waals surface area contributed by atoms with Crippen molar-refractivity contribution in [1.82, 2.24) is 4.90 Å². The molecule has 0 bridgehead atoms. The zero-order valence-corrected chi connectivity index (χ0v) is 12.5. The van der Waals surface area contributed by atoms with Crippen LogP contribution in [0.3, 0.4) is 0 Å². The lowest BCUT2D eigenvalue weighted by molar-refractivity contribution is -0.131. The predicted molar refractivity (Wildman–Crippen MR) is 81.3 cm³/mol. The van der Waals surface area contributed by atoms with Crippen LogP contribution in [0, 0.1) is 0 Å². The molecule has 0 radical (unpaired) electrons. The van der Waals surface area contributed by atoms with E-state index in [1.165, 1.54) is 18.2 Å². The molecule has 1 N–H and O–H groups in total. The highest BCUT2D eigenvalue weighted by atomic mass is 32.2. The fourth-order valence-corrected chi connectivity index (χ4v) is 2.80. The molecule has 0 aliphatic carbocycles. The second-order valence-corrected chi connectivity index (χ2v) is 6.14. The summed E-state index contributed by atoms with van der Waals surface area (Å²) in [7, 11) is -2.28. The van der Waals surface area contributed by atoms with Gasteiger partial charge in [-0.2, -0.15) is 0 Å². The van der Waals surface area contributed by atoms with Gasteiger partial charge in [0.25, 0.3) is 0 Å². The number of hydrogen-bond acceptors (Lipinski definition) is 4. The number of benzene rings is 1. The molecule has 0 fully saturated rings. The molecular formula is C15H17NO4S. The summed E-state index contributed by atoms with van der Waals surface area (Å²) >= 11 is 0. The first-order valence-electron chi connectivity index (χ1n) is 6.12. The number of nitrogens with zero attached hydrogens (tertiary/aromatic N) is 1. The molecule has 0 saturated heterocycles. The van der Waals surface area contributed by atoms with Crippen LogP contribution in [-0.2, 0) is 14.6 Å². The van der Waals surface area contributed by atoms with E-state index < -0.39 is 20.7 Å². The van der Waals surface area contributed by atoms with E-state index in [4.69, 9.17) is 5.11 Å². The average Bonchev–Trinajstić information content (AvgIpc) is 2.44. The third-order valence-electron chi connectivity index (χ3n) is 2.56. The van der Waals surface area contributed by atoms with E-state index in [1.807, 2.05) is 0 Å². The normalized spacial score (nSPS) is 12.3. The molecule has 112 valence electrons. The number of likely N-dealkylation sites (N-methyl/N-ethyl adjacent to an activating group) is 1. The van der Waals surface area contributed by atoms with Crippen molar-refractivity contribution in [1.29, 1.82) is 0 Å². The molecule has 0 atom stereocenters. The summed E-state index contributed by atoms with van der Waals surface area (Å²) < 4.78 is 24.5. The summed E-state index contributed by atoms with van der Waals surface area (Å²) in [4.78, 5) is 12.2. The summed E-state index contributed by atoms with van der Waals surface area (Å²) in [6, 6.07) is 7.47. The number of aliphatic carboxylic acids is 1. The highest BCUT2D eigenvalue weighted by Crippen LogP contribution is 2.19.